The van der Waals surface area contributed by atoms with Crippen molar-refractivity contribution in [1.29, 1.82) is 0 Å². The zero-order chi connectivity index (χ0) is 11.6. The minimum absolute atomic E-state index is 0.0255. The first-order valence-corrected chi connectivity index (χ1v) is 5.39. The van der Waals surface area contributed by atoms with E-state index < -0.39 is 27.8 Å². The van der Waals surface area contributed by atoms with Gasteiger partial charge >= 0.3 is 0 Å². The predicted molar refractivity (Wildman–Crippen MR) is 55.9 cm³/mol. The fourth-order valence-electron chi connectivity index (χ4n) is 0.943. The molecule has 0 radical (unpaired) electrons. The Morgan fingerprint density at radius 1 is 1.53 bits per heavy atom. The van der Waals surface area contributed by atoms with Gasteiger partial charge in [0, 0.05) is 4.90 Å². The first kappa shape index (κ1) is 11.6. The van der Waals surface area contributed by atoms with Crippen molar-refractivity contribution in [1.82, 2.24) is 0 Å². The van der Waals surface area contributed by atoms with Gasteiger partial charge < -0.3 is 11.5 Å². The van der Waals surface area contributed by atoms with E-state index in [2.05, 4.69) is 0 Å². The van der Waals surface area contributed by atoms with Crippen molar-refractivity contribution in [2.24, 2.45) is 5.73 Å². The van der Waals surface area contributed by atoms with Crippen LogP contribution in [0.2, 0.25) is 0 Å². The Hall–Kier alpha value is -1.43. The van der Waals surface area contributed by atoms with Crippen LogP contribution < -0.4 is 11.5 Å². The Morgan fingerprint density at radius 3 is 2.60 bits per heavy atom. The summed E-state index contributed by atoms with van der Waals surface area (Å²) in [6, 6.07) is 3.76. The Bertz CT molecular complexity index is 423. The van der Waals surface area contributed by atoms with Crippen LogP contribution in [-0.2, 0) is 15.6 Å². The van der Waals surface area contributed by atoms with Gasteiger partial charge in [0.1, 0.15) is 11.1 Å². The molecule has 4 nitrogen and oxygen atoms in total. The molecule has 0 bridgehead atoms. The third-order valence-corrected chi connectivity index (χ3v) is 3.52. The molecule has 0 saturated carbocycles. The average molecular weight is 230 g/mol. The fourth-order valence-corrected chi connectivity index (χ4v) is 1.98. The number of carbonyl (C=O) groups excluding carboxylic acids is 1. The lowest BCUT2D eigenvalue weighted by atomic mass is 10.3. The lowest BCUT2D eigenvalue weighted by molar-refractivity contribution is -0.117. The van der Waals surface area contributed by atoms with Gasteiger partial charge in [-0.05, 0) is 25.1 Å². The molecule has 0 fully saturated rings. The molecule has 2 atom stereocenters. The van der Waals surface area contributed by atoms with Gasteiger partial charge in [0.25, 0.3) is 0 Å². The van der Waals surface area contributed by atoms with Crippen molar-refractivity contribution in [3.05, 3.63) is 24.0 Å². The third kappa shape index (κ3) is 2.53. The maximum absolute atomic E-state index is 13.0. The average Bonchev–Trinajstić information content (AvgIpc) is 2.19. The lowest BCUT2D eigenvalue weighted by Crippen LogP contribution is -2.29. The van der Waals surface area contributed by atoms with Crippen LogP contribution in [0.25, 0.3) is 0 Å². The number of hydrogen-bond acceptors (Lipinski definition) is 3. The minimum Gasteiger partial charge on any atom is -0.396 e. The van der Waals surface area contributed by atoms with Crippen molar-refractivity contribution < 1.29 is 13.4 Å². The van der Waals surface area contributed by atoms with E-state index in [0.717, 1.165) is 6.07 Å². The number of nitrogen functional groups attached to an aromatic ring is 1. The predicted octanol–water partition coefficient (Wildman–Crippen LogP) is 0.389. The number of primary amides is 1. The summed E-state index contributed by atoms with van der Waals surface area (Å²) in [4.78, 5) is 11.0. The van der Waals surface area contributed by atoms with Crippen LogP contribution in [0, 0.1) is 5.82 Å². The molecule has 0 aliphatic rings. The molecule has 15 heavy (non-hydrogen) atoms. The number of nitrogens with two attached hydrogens (primary N) is 2. The van der Waals surface area contributed by atoms with E-state index in [9.17, 15) is 13.4 Å². The van der Waals surface area contributed by atoms with E-state index in [1.807, 2.05) is 0 Å². The van der Waals surface area contributed by atoms with Crippen LogP contribution in [0.1, 0.15) is 6.92 Å². The molecule has 2 unspecified atom stereocenters. The summed E-state index contributed by atoms with van der Waals surface area (Å²) in [6.07, 6.45) is 0. The number of hydrogen-bond donors (Lipinski definition) is 2. The van der Waals surface area contributed by atoms with Gasteiger partial charge in [-0.3, -0.25) is 9.00 Å². The molecule has 1 rings (SSSR count). The molecule has 1 amide bonds. The number of rotatable bonds is 3. The minimum atomic E-state index is -1.65. The molecule has 6 heteroatoms. The number of amides is 1. The Morgan fingerprint density at radius 2 is 2.13 bits per heavy atom. The number of benzene rings is 1. The largest absolute Gasteiger partial charge is 0.396 e. The van der Waals surface area contributed by atoms with Crippen molar-refractivity contribution in [3.8, 4) is 0 Å². The lowest BCUT2D eigenvalue weighted by Gasteiger charge is -2.07. The second kappa shape index (κ2) is 4.39. The van der Waals surface area contributed by atoms with Crippen molar-refractivity contribution >= 4 is 22.4 Å². The van der Waals surface area contributed by atoms with E-state index >= 15 is 0 Å². The van der Waals surface area contributed by atoms with Gasteiger partial charge in [-0.25, -0.2) is 4.39 Å². The van der Waals surface area contributed by atoms with Crippen molar-refractivity contribution in [2.45, 2.75) is 17.1 Å². The molecule has 0 spiro atoms. The van der Waals surface area contributed by atoms with Crippen molar-refractivity contribution in [3.63, 3.8) is 0 Å². The SMILES string of the molecule is CC(C(N)=O)S(=O)c1ccc(N)c(F)c1. The molecule has 0 aromatic heterocycles. The first-order valence-electron chi connectivity index (χ1n) is 4.18. The Balaban J connectivity index is 3.02. The topological polar surface area (TPSA) is 86.2 Å². The Labute approximate surface area is 88.9 Å². The molecule has 82 valence electrons. The van der Waals surface area contributed by atoms with Crippen LogP contribution in [0.3, 0.4) is 0 Å². The van der Waals surface area contributed by atoms with Crippen LogP contribution in [0.5, 0.6) is 0 Å². The second-order valence-electron chi connectivity index (χ2n) is 3.03. The number of halogens is 1. The van der Waals surface area contributed by atoms with Crippen molar-refractivity contribution in [2.75, 3.05) is 5.73 Å². The van der Waals surface area contributed by atoms with Gasteiger partial charge in [0.05, 0.1) is 16.5 Å². The maximum atomic E-state index is 13.0. The quantitative estimate of drug-likeness (QED) is 0.736. The summed E-state index contributed by atoms with van der Waals surface area (Å²) in [5.74, 6) is -1.34. The van der Waals surface area contributed by atoms with E-state index in [1.54, 1.807) is 0 Å². The molecule has 0 heterocycles. The summed E-state index contributed by atoms with van der Waals surface area (Å²) in [5.41, 5.74) is 10.2. The van der Waals surface area contributed by atoms with Gasteiger partial charge in [-0.15, -0.1) is 0 Å². The molecule has 1 aromatic rings. The van der Waals surface area contributed by atoms with Gasteiger partial charge in [-0.2, -0.15) is 0 Å². The molecule has 1 aromatic carbocycles. The molecule has 4 N–H and O–H groups in total. The van der Waals surface area contributed by atoms with Crippen LogP contribution in [0.4, 0.5) is 10.1 Å². The van der Waals surface area contributed by atoms with Gasteiger partial charge in [-0.1, -0.05) is 0 Å². The highest BCUT2D eigenvalue weighted by Crippen LogP contribution is 2.17. The van der Waals surface area contributed by atoms with E-state index in [0.29, 0.717) is 0 Å². The summed E-state index contributed by atoms with van der Waals surface area (Å²) in [7, 11) is -1.65. The summed E-state index contributed by atoms with van der Waals surface area (Å²) < 4.78 is 24.7. The van der Waals surface area contributed by atoms with E-state index in [-0.39, 0.29) is 10.6 Å². The molecular weight excluding hydrogens is 219 g/mol. The molecule has 0 aliphatic carbocycles. The highest BCUT2D eigenvalue weighted by atomic mass is 32.2. The summed E-state index contributed by atoms with van der Waals surface area (Å²) in [6.45, 7) is 1.42. The summed E-state index contributed by atoms with van der Waals surface area (Å²) in [5, 5.41) is -0.854. The monoisotopic (exact) mass is 230 g/mol. The second-order valence-corrected chi connectivity index (χ2v) is 4.80. The fraction of sp³-hybridized carbons (Fsp3) is 0.222. The van der Waals surface area contributed by atoms with Crippen LogP contribution >= 0.6 is 0 Å². The van der Waals surface area contributed by atoms with Gasteiger partial charge in [0.15, 0.2) is 0 Å². The normalized spacial score (nSPS) is 14.5. The smallest absolute Gasteiger partial charge is 0.233 e. The Kier molecular flexibility index (Phi) is 3.41. The molecule has 0 aliphatic heterocycles. The van der Waals surface area contributed by atoms with Gasteiger partial charge in [0.2, 0.25) is 5.91 Å². The standard InChI is InChI=1S/C9H11FN2O2S/c1-5(9(12)13)15(14)6-2-3-8(11)7(10)4-6/h2-5H,11H2,1H3,(H2,12,13). The first-order chi connectivity index (χ1) is 6.93. The number of anilines is 1. The molecular formula is C9H11FN2O2S. The zero-order valence-electron chi connectivity index (χ0n) is 8.07. The van der Waals surface area contributed by atoms with Crippen LogP contribution in [-0.4, -0.2) is 15.4 Å². The highest BCUT2D eigenvalue weighted by Gasteiger charge is 2.19. The van der Waals surface area contributed by atoms with Crippen LogP contribution in [0.15, 0.2) is 23.1 Å². The highest BCUT2D eigenvalue weighted by molar-refractivity contribution is 7.86. The summed E-state index contributed by atoms with van der Waals surface area (Å²) >= 11 is 0. The maximum Gasteiger partial charge on any atom is 0.233 e. The number of carbonyl (C=O) groups is 1. The zero-order valence-corrected chi connectivity index (χ0v) is 8.88. The molecule has 0 saturated heterocycles. The van der Waals surface area contributed by atoms with E-state index in [4.69, 9.17) is 11.5 Å². The third-order valence-electron chi connectivity index (χ3n) is 1.93. The van der Waals surface area contributed by atoms with E-state index in [1.165, 1.54) is 19.1 Å².